The van der Waals surface area contributed by atoms with Crippen molar-refractivity contribution >= 4 is 17.1 Å². The van der Waals surface area contributed by atoms with Gasteiger partial charge in [-0.05, 0) is 69.8 Å². The van der Waals surface area contributed by atoms with Crippen LogP contribution >= 0.6 is 0 Å². The van der Waals surface area contributed by atoms with E-state index >= 15 is 0 Å². The van der Waals surface area contributed by atoms with Gasteiger partial charge in [-0.25, -0.2) is 0 Å². The predicted octanol–water partition coefficient (Wildman–Crippen LogP) is 9.66. The molecule has 6 aromatic rings. The fourth-order valence-electron chi connectivity index (χ4n) is 6.03. The molecule has 2 heterocycles. The molecule has 45 heavy (non-hydrogen) atoms. The van der Waals surface area contributed by atoms with Crippen LogP contribution in [0.4, 0.5) is 5.69 Å². The number of aliphatic imine (C=N–C) groups is 1. The Bertz CT molecular complexity index is 2020. The highest BCUT2D eigenvalue weighted by Crippen LogP contribution is 2.38. The van der Waals surface area contributed by atoms with Crippen LogP contribution in [0.15, 0.2) is 169 Å². The van der Waals surface area contributed by atoms with E-state index in [0.29, 0.717) is 0 Å². The minimum Gasteiger partial charge on any atom is -0.464 e. The second-order valence-corrected chi connectivity index (χ2v) is 11.3. The van der Waals surface area contributed by atoms with Gasteiger partial charge < -0.3 is 15.4 Å². The number of benzene rings is 6. The first-order valence-electron chi connectivity index (χ1n) is 15.3. The molecule has 2 atom stereocenters. The minimum absolute atomic E-state index is 0.255. The number of nitrogens with one attached hydrogen (secondary N) is 2. The molecule has 0 bridgehead atoms. The van der Waals surface area contributed by atoms with E-state index in [1.54, 1.807) is 0 Å². The lowest BCUT2D eigenvalue weighted by Gasteiger charge is -2.26. The third-order valence-electron chi connectivity index (χ3n) is 8.34. The molecule has 0 aliphatic carbocycles. The van der Waals surface area contributed by atoms with Crippen molar-refractivity contribution in [2.45, 2.75) is 12.4 Å². The molecule has 0 saturated heterocycles. The number of hydrogen-bond donors (Lipinski definition) is 2. The first kappa shape index (κ1) is 26.7. The highest BCUT2D eigenvalue weighted by atomic mass is 16.5. The molecule has 0 spiro atoms. The van der Waals surface area contributed by atoms with Gasteiger partial charge in [0.05, 0.1) is 11.4 Å². The Balaban J connectivity index is 1.18. The lowest BCUT2D eigenvalue weighted by atomic mass is 9.96. The van der Waals surface area contributed by atoms with Gasteiger partial charge in [0.2, 0.25) is 0 Å². The van der Waals surface area contributed by atoms with Crippen LogP contribution in [-0.4, -0.2) is 5.71 Å². The Morgan fingerprint density at radius 1 is 0.467 bits per heavy atom. The maximum atomic E-state index is 6.25. The van der Waals surface area contributed by atoms with Crippen molar-refractivity contribution in [2.75, 3.05) is 5.32 Å². The van der Waals surface area contributed by atoms with Crippen LogP contribution in [0, 0.1) is 0 Å². The van der Waals surface area contributed by atoms with Crippen LogP contribution in [0.5, 0.6) is 5.75 Å². The molecule has 2 aliphatic rings. The quantitative estimate of drug-likeness (QED) is 0.206. The summed E-state index contributed by atoms with van der Waals surface area (Å²) in [5.41, 5.74) is 12.0. The average Bonchev–Trinajstić information content (AvgIpc) is 3.57. The van der Waals surface area contributed by atoms with Gasteiger partial charge in [-0.1, -0.05) is 127 Å². The molecule has 2 N–H and O–H groups in total. The summed E-state index contributed by atoms with van der Waals surface area (Å²) in [5.74, 6) is 0.866. The molecule has 2 aliphatic heterocycles. The number of ether oxygens (including phenoxy) is 1. The van der Waals surface area contributed by atoms with E-state index in [2.05, 4.69) is 144 Å². The molecule has 0 fully saturated rings. The second kappa shape index (κ2) is 11.7. The SMILES string of the molecule is C1=C(c2cccc(-c3ccccc3)c2)NC(c2cccc(C3Nc4ccccc4O3)c2)N=C1c1cccc(-c2ccccc2)c1. The molecule has 2 unspecified atom stereocenters. The zero-order chi connectivity index (χ0) is 30.0. The number of rotatable bonds is 6. The summed E-state index contributed by atoms with van der Waals surface area (Å²) < 4.78 is 6.25. The van der Waals surface area contributed by atoms with E-state index in [1.807, 2.05) is 30.3 Å². The van der Waals surface area contributed by atoms with Crippen molar-refractivity contribution in [3.63, 3.8) is 0 Å². The molecular weight excluding hydrogens is 550 g/mol. The van der Waals surface area contributed by atoms with Gasteiger partial charge in [0.15, 0.2) is 6.23 Å². The number of hydrogen-bond acceptors (Lipinski definition) is 4. The lowest BCUT2D eigenvalue weighted by molar-refractivity contribution is 0.259. The molecule has 0 saturated carbocycles. The van der Waals surface area contributed by atoms with Crippen molar-refractivity contribution in [3.8, 4) is 28.0 Å². The monoisotopic (exact) mass is 581 g/mol. The standard InChI is InChI=1S/C41H31N3O/c1-3-12-28(13-4-1)30-16-9-18-32(24-30)37-27-38(33-19-10-17-31(25-33)29-14-5-2-6-15-29)43-40(42-37)34-20-11-21-35(26-34)41-44-36-22-7-8-23-39(36)45-41/h1-27,40-42,44H. The molecule has 0 aromatic heterocycles. The molecule has 0 amide bonds. The Morgan fingerprint density at radius 3 is 1.78 bits per heavy atom. The Hall–Kier alpha value is -5.87. The normalized spacial score (nSPS) is 16.8. The number of para-hydroxylation sites is 2. The van der Waals surface area contributed by atoms with Gasteiger partial charge in [0.1, 0.15) is 11.9 Å². The Kier molecular flexibility index (Phi) is 6.93. The molecule has 4 nitrogen and oxygen atoms in total. The topological polar surface area (TPSA) is 45.6 Å². The average molecular weight is 582 g/mol. The highest BCUT2D eigenvalue weighted by molar-refractivity contribution is 6.13. The van der Waals surface area contributed by atoms with E-state index in [4.69, 9.17) is 9.73 Å². The van der Waals surface area contributed by atoms with Crippen molar-refractivity contribution < 1.29 is 4.74 Å². The summed E-state index contributed by atoms with van der Waals surface area (Å²) in [4.78, 5) is 5.29. The smallest absolute Gasteiger partial charge is 0.196 e. The van der Waals surface area contributed by atoms with E-state index < -0.39 is 0 Å². The van der Waals surface area contributed by atoms with Crippen molar-refractivity contribution in [2.24, 2.45) is 4.99 Å². The van der Waals surface area contributed by atoms with Gasteiger partial charge >= 0.3 is 0 Å². The van der Waals surface area contributed by atoms with Crippen molar-refractivity contribution in [3.05, 3.63) is 186 Å². The first-order chi connectivity index (χ1) is 22.3. The van der Waals surface area contributed by atoms with Crippen molar-refractivity contribution in [1.29, 1.82) is 0 Å². The molecule has 4 heteroatoms. The third kappa shape index (κ3) is 5.50. The van der Waals surface area contributed by atoms with Gasteiger partial charge in [-0.2, -0.15) is 0 Å². The summed E-state index contributed by atoms with van der Waals surface area (Å²) in [7, 11) is 0. The van der Waals surface area contributed by atoms with E-state index in [9.17, 15) is 0 Å². The van der Waals surface area contributed by atoms with Gasteiger partial charge in [-0.3, -0.25) is 4.99 Å². The molecule has 8 rings (SSSR count). The predicted molar refractivity (Wildman–Crippen MR) is 184 cm³/mol. The first-order valence-corrected chi connectivity index (χ1v) is 15.3. The van der Waals surface area contributed by atoms with Gasteiger partial charge in [-0.15, -0.1) is 0 Å². The maximum absolute atomic E-state index is 6.25. The number of nitrogens with zero attached hydrogens (tertiary/aromatic N) is 1. The van der Waals surface area contributed by atoms with Crippen LogP contribution in [0.25, 0.3) is 28.0 Å². The summed E-state index contributed by atoms with van der Waals surface area (Å²) >= 11 is 0. The summed E-state index contributed by atoms with van der Waals surface area (Å²) in [6.07, 6.45) is 1.63. The zero-order valence-corrected chi connectivity index (χ0v) is 24.6. The molecular formula is C41H31N3O. The lowest BCUT2D eigenvalue weighted by Crippen LogP contribution is -2.25. The molecule has 216 valence electrons. The minimum atomic E-state index is -0.288. The number of fused-ring (bicyclic) bond motifs is 1. The van der Waals surface area contributed by atoms with Crippen LogP contribution in [0.3, 0.4) is 0 Å². The Morgan fingerprint density at radius 2 is 1.04 bits per heavy atom. The summed E-state index contributed by atoms with van der Waals surface area (Å²) in [5, 5.41) is 7.26. The fourth-order valence-corrected chi connectivity index (χ4v) is 6.03. The zero-order valence-electron chi connectivity index (χ0n) is 24.6. The Labute approximate surface area is 263 Å². The number of anilines is 1. The van der Waals surface area contributed by atoms with Crippen LogP contribution in [0.2, 0.25) is 0 Å². The fraction of sp³-hybridized carbons (Fsp3) is 0.0488. The molecule has 0 radical (unpaired) electrons. The summed E-state index contributed by atoms with van der Waals surface area (Å²) in [6, 6.07) is 54.9. The van der Waals surface area contributed by atoms with Crippen LogP contribution < -0.4 is 15.4 Å². The number of allylic oxidation sites excluding steroid dienone is 1. The van der Waals surface area contributed by atoms with E-state index in [-0.39, 0.29) is 12.4 Å². The van der Waals surface area contributed by atoms with Crippen LogP contribution in [0.1, 0.15) is 34.6 Å². The third-order valence-corrected chi connectivity index (χ3v) is 8.34. The maximum Gasteiger partial charge on any atom is 0.196 e. The van der Waals surface area contributed by atoms with Gasteiger partial charge in [0, 0.05) is 16.8 Å². The molecule has 6 aromatic carbocycles. The van der Waals surface area contributed by atoms with E-state index in [1.165, 1.54) is 16.7 Å². The largest absolute Gasteiger partial charge is 0.464 e. The van der Waals surface area contributed by atoms with Crippen LogP contribution in [-0.2, 0) is 0 Å². The van der Waals surface area contributed by atoms with Gasteiger partial charge in [0.25, 0.3) is 0 Å². The second-order valence-electron chi connectivity index (χ2n) is 11.3. The summed E-state index contributed by atoms with van der Waals surface area (Å²) in [6.45, 7) is 0. The van der Waals surface area contributed by atoms with E-state index in [0.717, 1.165) is 50.7 Å². The highest BCUT2D eigenvalue weighted by Gasteiger charge is 2.25. The van der Waals surface area contributed by atoms with Crippen molar-refractivity contribution in [1.82, 2.24) is 5.32 Å².